The summed E-state index contributed by atoms with van der Waals surface area (Å²) in [7, 11) is 1.56. The predicted octanol–water partition coefficient (Wildman–Crippen LogP) is 5.36. The van der Waals surface area contributed by atoms with Gasteiger partial charge in [0.05, 0.1) is 24.6 Å². The highest BCUT2D eigenvalue weighted by Crippen LogP contribution is 2.40. The third kappa shape index (κ3) is 6.95. The van der Waals surface area contributed by atoms with Crippen LogP contribution in [-0.2, 0) is 5.41 Å². The number of hydrogen-bond acceptors (Lipinski definition) is 8. The van der Waals surface area contributed by atoms with Crippen molar-refractivity contribution in [2.75, 3.05) is 20.3 Å². The third-order valence-electron chi connectivity index (χ3n) is 7.01. The van der Waals surface area contributed by atoms with Gasteiger partial charge in [0.1, 0.15) is 11.6 Å². The Morgan fingerprint density at radius 3 is 2.77 bits per heavy atom. The number of aromatic nitrogens is 1. The summed E-state index contributed by atoms with van der Waals surface area (Å²) in [6, 6.07) is 13.7. The minimum atomic E-state index is -0.952. The van der Waals surface area contributed by atoms with Crippen molar-refractivity contribution in [2.24, 2.45) is 10.8 Å². The van der Waals surface area contributed by atoms with Crippen LogP contribution in [0.3, 0.4) is 0 Å². The van der Waals surface area contributed by atoms with Crippen LogP contribution < -0.4 is 30.8 Å². The Bertz CT molecular complexity index is 1640. The minimum absolute atomic E-state index is 0.0556. The molecule has 0 radical (unpaired) electrons. The quantitative estimate of drug-likeness (QED) is 0.157. The molecule has 5 rings (SSSR count). The van der Waals surface area contributed by atoms with Gasteiger partial charge in [-0.3, -0.25) is 9.99 Å². The van der Waals surface area contributed by atoms with E-state index in [0.717, 1.165) is 24.1 Å². The SMILES string of the molecule is COc1cc2c(OC3=C(F)CC(C=NNC(N)=O)(c4ccccc4)C=C3)ccnc2cc1OCCCN1C=CC(C)=CN1. The number of carbonyl (C=O) groups is 1. The van der Waals surface area contributed by atoms with Crippen LogP contribution in [0.4, 0.5) is 9.18 Å². The van der Waals surface area contributed by atoms with Crippen molar-refractivity contribution in [3.05, 3.63) is 108 Å². The van der Waals surface area contributed by atoms with E-state index in [4.69, 9.17) is 19.9 Å². The average Bonchev–Trinajstić information content (AvgIpc) is 3.01. The third-order valence-corrected chi connectivity index (χ3v) is 7.01. The van der Waals surface area contributed by atoms with E-state index in [0.29, 0.717) is 34.8 Å². The molecule has 43 heavy (non-hydrogen) atoms. The molecule has 222 valence electrons. The second-order valence-corrected chi connectivity index (χ2v) is 10.1. The van der Waals surface area contributed by atoms with Crippen LogP contribution in [0.1, 0.15) is 25.3 Å². The molecule has 1 aliphatic carbocycles. The van der Waals surface area contributed by atoms with Crippen molar-refractivity contribution in [1.29, 1.82) is 0 Å². The number of fused-ring (bicyclic) bond motifs is 1. The Balaban J connectivity index is 1.32. The van der Waals surface area contributed by atoms with Gasteiger partial charge in [0, 0.05) is 55.7 Å². The molecule has 1 aliphatic heterocycles. The van der Waals surface area contributed by atoms with E-state index in [-0.39, 0.29) is 12.2 Å². The number of hydrazone groups is 1. The van der Waals surface area contributed by atoms with Crippen LogP contribution in [0.5, 0.6) is 17.2 Å². The van der Waals surface area contributed by atoms with E-state index in [1.54, 1.807) is 43.7 Å². The minimum Gasteiger partial charge on any atom is -0.493 e. The lowest BCUT2D eigenvalue weighted by Gasteiger charge is -2.30. The smallest absolute Gasteiger partial charge is 0.332 e. The Morgan fingerprint density at radius 2 is 2.05 bits per heavy atom. The van der Waals surface area contributed by atoms with E-state index < -0.39 is 17.3 Å². The Morgan fingerprint density at radius 1 is 1.21 bits per heavy atom. The molecule has 11 heteroatoms. The molecule has 2 heterocycles. The maximum atomic E-state index is 15.7. The summed E-state index contributed by atoms with van der Waals surface area (Å²) in [5.74, 6) is 1.04. The molecule has 2 aromatic carbocycles. The summed E-state index contributed by atoms with van der Waals surface area (Å²) in [6.45, 7) is 3.26. The molecule has 10 nitrogen and oxygen atoms in total. The van der Waals surface area contributed by atoms with Gasteiger partial charge in [-0.25, -0.2) is 14.6 Å². The summed E-state index contributed by atoms with van der Waals surface area (Å²) in [5, 5.41) is 6.56. The molecular formula is C32H33FN6O4. The van der Waals surface area contributed by atoms with Crippen LogP contribution >= 0.6 is 0 Å². The second kappa shape index (κ2) is 13.1. The van der Waals surface area contributed by atoms with Gasteiger partial charge in [0.15, 0.2) is 17.3 Å². The molecule has 1 aromatic heterocycles. The second-order valence-electron chi connectivity index (χ2n) is 10.1. The number of allylic oxidation sites excluding steroid dienone is 5. The van der Waals surface area contributed by atoms with Gasteiger partial charge in [-0.2, -0.15) is 5.10 Å². The Kier molecular flexibility index (Phi) is 8.90. The fourth-order valence-electron chi connectivity index (χ4n) is 4.78. The Hall–Kier alpha value is -5.32. The maximum absolute atomic E-state index is 15.7. The normalized spacial score (nSPS) is 18.0. The van der Waals surface area contributed by atoms with Gasteiger partial charge in [-0.05, 0) is 42.3 Å². The lowest BCUT2D eigenvalue weighted by Crippen LogP contribution is -2.32. The first-order valence-corrected chi connectivity index (χ1v) is 13.8. The van der Waals surface area contributed by atoms with E-state index in [2.05, 4.69) is 20.9 Å². The van der Waals surface area contributed by atoms with Crippen molar-refractivity contribution in [3.8, 4) is 17.2 Å². The summed E-state index contributed by atoms with van der Waals surface area (Å²) in [4.78, 5) is 15.6. The van der Waals surface area contributed by atoms with Crippen LogP contribution in [0.2, 0.25) is 0 Å². The molecule has 0 saturated carbocycles. The van der Waals surface area contributed by atoms with Crippen LogP contribution in [-0.4, -0.2) is 42.5 Å². The highest BCUT2D eigenvalue weighted by atomic mass is 19.1. The number of primary amides is 1. The van der Waals surface area contributed by atoms with Gasteiger partial charge in [-0.15, -0.1) is 0 Å². The number of rotatable bonds is 11. The van der Waals surface area contributed by atoms with E-state index in [9.17, 15) is 4.79 Å². The molecule has 0 saturated heterocycles. The summed E-state index contributed by atoms with van der Waals surface area (Å²) in [6.07, 6.45) is 13.1. The number of halogens is 1. The predicted molar refractivity (Wildman–Crippen MR) is 163 cm³/mol. The zero-order valence-corrected chi connectivity index (χ0v) is 23.9. The number of methoxy groups -OCH3 is 1. The molecule has 2 amide bonds. The van der Waals surface area contributed by atoms with E-state index in [1.165, 1.54) is 6.21 Å². The number of ether oxygens (including phenoxy) is 3. The van der Waals surface area contributed by atoms with E-state index in [1.807, 2.05) is 60.7 Å². The van der Waals surface area contributed by atoms with Crippen molar-refractivity contribution in [3.63, 3.8) is 0 Å². The molecule has 0 spiro atoms. The summed E-state index contributed by atoms with van der Waals surface area (Å²) >= 11 is 0. The summed E-state index contributed by atoms with van der Waals surface area (Å²) < 4.78 is 33.4. The fraction of sp³-hybridized carbons (Fsp3) is 0.219. The van der Waals surface area contributed by atoms with Gasteiger partial charge >= 0.3 is 6.03 Å². The number of urea groups is 1. The number of nitrogens with zero attached hydrogens (tertiary/aromatic N) is 3. The lowest BCUT2D eigenvalue weighted by molar-refractivity contribution is 0.245. The first kappa shape index (κ1) is 29.2. The number of carbonyl (C=O) groups excluding carboxylic acids is 1. The number of hydrogen-bond donors (Lipinski definition) is 3. The number of hydrazine groups is 1. The maximum Gasteiger partial charge on any atom is 0.332 e. The number of benzene rings is 2. The van der Waals surface area contributed by atoms with Crippen molar-refractivity contribution < 1.29 is 23.4 Å². The molecule has 2 aliphatic rings. The van der Waals surface area contributed by atoms with Crippen molar-refractivity contribution >= 4 is 23.1 Å². The van der Waals surface area contributed by atoms with Crippen LogP contribution in [0, 0.1) is 0 Å². The molecular weight excluding hydrogens is 551 g/mol. The number of amides is 2. The molecule has 3 aromatic rings. The lowest BCUT2D eigenvalue weighted by atomic mass is 9.76. The monoisotopic (exact) mass is 584 g/mol. The number of nitrogens with one attached hydrogen (secondary N) is 2. The number of pyridine rings is 1. The molecule has 1 atom stereocenters. The standard InChI is InChI=1S/C32H33FN6O4/c1-22-11-15-39(37-20-22)14-6-16-42-30-18-26-24(17-29(30)41-2)27(10-13-35-26)43-28-9-12-32(19-25(28)33,21-36-38-31(34)40)23-7-4-3-5-8-23/h3-5,7-13,15,17-18,20-21,37H,6,14,16,19H2,1-2H3,(H3,34,38,40). The fourth-order valence-corrected chi connectivity index (χ4v) is 4.78. The highest BCUT2D eigenvalue weighted by molar-refractivity contribution is 5.88. The van der Waals surface area contributed by atoms with Gasteiger partial charge in [0.2, 0.25) is 0 Å². The first-order valence-electron chi connectivity index (χ1n) is 13.8. The molecule has 0 bridgehead atoms. The highest BCUT2D eigenvalue weighted by Gasteiger charge is 2.34. The van der Waals surface area contributed by atoms with Crippen LogP contribution in [0.25, 0.3) is 10.9 Å². The zero-order valence-electron chi connectivity index (χ0n) is 23.9. The van der Waals surface area contributed by atoms with Crippen molar-refractivity contribution in [1.82, 2.24) is 20.8 Å². The van der Waals surface area contributed by atoms with Gasteiger partial charge in [0.25, 0.3) is 0 Å². The van der Waals surface area contributed by atoms with Crippen LogP contribution in [0.15, 0.2) is 108 Å². The molecule has 0 fully saturated rings. The Labute approximate surface area is 249 Å². The van der Waals surface area contributed by atoms with E-state index >= 15 is 4.39 Å². The largest absolute Gasteiger partial charge is 0.493 e. The number of nitrogens with two attached hydrogens (primary N) is 1. The molecule has 1 unspecified atom stereocenters. The van der Waals surface area contributed by atoms with Gasteiger partial charge in [-0.1, -0.05) is 36.4 Å². The first-order chi connectivity index (χ1) is 20.9. The summed E-state index contributed by atoms with van der Waals surface area (Å²) in [5.41, 5.74) is 12.1. The molecule has 4 N–H and O–H groups in total. The zero-order chi connectivity index (χ0) is 30.2. The van der Waals surface area contributed by atoms with Gasteiger partial charge < -0.3 is 25.4 Å². The van der Waals surface area contributed by atoms with Crippen molar-refractivity contribution in [2.45, 2.75) is 25.2 Å². The topological polar surface area (TPSA) is 123 Å². The average molecular weight is 585 g/mol.